The summed E-state index contributed by atoms with van der Waals surface area (Å²) in [7, 11) is -3.03. The summed E-state index contributed by atoms with van der Waals surface area (Å²) in [6, 6.07) is 10.3. The summed E-state index contributed by atoms with van der Waals surface area (Å²) in [6.45, 7) is 9.01. The van der Waals surface area contributed by atoms with Gasteiger partial charge in [-0.2, -0.15) is 0 Å². The van der Waals surface area contributed by atoms with Gasteiger partial charge in [0.1, 0.15) is 0 Å². The maximum absolute atomic E-state index is 11.8. The van der Waals surface area contributed by atoms with Gasteiger partial charge >= 0.3 is 0 Å². The molecular formula is C18H28N2O2S. The van der Waals surface area contributed by atoms with Gasteiger partial charge in [0.2, 0.25) is 0 Å². The molecule has 1 aromatic carbocycles. The van der Waals surface area contributed by atoms with E-state index in [1.807, 2.05) is 32.0 Å². The van der Waals surface area contributed by atoms with Crippen molar-refractivity contribution in [3.05, 3.63) is 42.0 Å². The number of sulfone groups is 1. The average Bonchev–Trinajstić information content (AvgIpc) is 2.49. The fraction of sp³-hybridized carbons (Fsp3) is 0.556. The Hall–Kier alpha value is -1.17. The lowest BCUT2D eigenvalue weighted by atomic mass is 10.1. The predicted octanol–water partition coefficient (Wildman–Crippen LogP) is 2.14. The van der Waals surface area contributed by atoms with Crippen molar-refractivity contribution in [2.75, 3.05) is 45.5 Å². The van der Waals surface area contributed by atoms with Crippen molar-refractivity contribution in [3.63, 3.8) is 0 Å². The minimum Gasteiger partial charge on any atom is -0.299 e. The van der Waals surface area contributed by atoms with Crippen molar-refractivity contribution in [2.24, 2.45) is 0 Å². The molecule has 0 bridgehead atoms. The van der Waals surface area contributed by atoms with E-state index in [0.717, 1.165) is 32.7 Å². The summed E-state index contributed by atoms with van der Waals surface area (Å²) < 4.78 is 23.0. The first-order valence-corrected chi connectivity index (χ1v) is 10.0. The number of hydrogen-bond acceptors (Lipinski definition) is 4. The van der Waals surface area contributed by atoms with Crippen LogP contribution in [0.2, 0.25) is 0 Å². The third kappa shape index (κ3) is 5.44. The number of rotatable bonds is 6. The molecule has 1 fully saturated rings. The Bertz CT molecular complexity index is 616. The molecule has 0 spiro atoms. The highest BCUT2D eigenvalue weighted by Crippen LogP contribution is 2.18. The molecule has 0 unspecified atom stereocenters. The van der Waals surface area contributed by atoms with Crippen LogP contribution in [-0.2, 0) is 9.84 Å². The van der Waals surface area contributed by atoms with Gasteiger partial charge in [0.05, 0.1) is 4.75 Å². The van der Waals surface area contributed by atoms with Crippen molar-refractivity contribution in [1.82, 2.24) is 9.80 Å². The van der Waals surface area contributed by atoms with Gasteiger partial charge in [0.15, 0.2) is 9.84 Å². The Morgan fingerprint density at radius 2 is 1.61 bits per heavy atom. The largest absolute Gasteiger partial charge is 0.299 e. The van der Waals surface area contributed by atoms with Gasteiger partial charge in [-0.15, -0.1) is 0 Å². The van der Waals surface area contributed by atoms with E-state index in [2.05, 4.69) is 34.1 Å². The molecule has 0 amide bonds. The Labute approximate surface area is 140 Å². The molecule has 128 valence electrons. The molecule has 1 saturated heterocycles. The van der Waals surface area contributed by atoms with Gasteiger partial charge in [0, 0.05) is 45.5 Å². The molecule has 0 N–H and O–H groups in total. The van der Waals surface area contributed by atoms with Crippen molar-refractivity contribution in [1.29, 1.82) is 0 Å². The zero-order valence-electron chi connectivity index (χ0n) is 14.4. The number of benzene rings is 1. The second-order valence-electron chi connectivity index (χ2n) is 6.92. The van der Waals surface area contributed by atoms with Crippen LogP contribution < -0.4 is 0 Å². The summed E-state index contributed by atoms with van der Waals surface area (Å²) in [5.41, 5.74) is 1.22. The Morgan fingerprint density at radius 1 is 1.04 bits per heavy atom. The number of piperazine rings is 1. The molecule has 0 aromatic heterocycles. The summed E-state index contributed by atoms with van der Waals surface area (Å²) in [5.74, 6) is 0. The van der Waals surface area contributed by atoms with Gasteiger partial charge in [-0.05, 0) is 19.4 Å². The Kier molecular flexibility index (Phi) is 6.00. The quantitative estimate of drug-likeness (QED) is 0.798. The van der Waals surface area contributed by atoms with Crippen LogP contribution in [0.15, 0.2) is 36.4 Å². The average molecular weight is 337 g/mol. The number of hydrogen-bond donors (Lipinski definition) is 0. The first-order chi connectivity index (χ1) is 10.8. The highest BCUT2D eigenvalue weighted by atomic mass is 32.2. The Morgan fingerprint density at radius 3 is 2.17 bits per heavy atom. The second-order valence-corrected chi connectivity index (χ2v) is 9.57. The van der Waals surface area contributed by atoms with Crippen LogP contribution in [0.3, 0.4) is 0 Å². The van der Waals surface area contributed by atoms with Crippen molar-refractivity contribution >= 4 is 15.9 Å². The van der Waals surface area contributed by atoms with E-state index in [1.165, 1.54) is 11.8 Å². The van der Waals surface area contributed by atoms with E-state index >= 15 is 0 Å². The monoisotopic (exact) mass is 336 g/mol. The van der Waals surface area contributed by atoms with Crippen molar-refractivity contribution in [3.8, 4) is 0 Å². The molecule has 1 aliphatic heterocycles. The maximum atomic E-state index is 11.8. The van der Waals surface area contributed by atoms with Crippen molar-refractivity contribution < 1.29 is 8.42 Å². The van der Waals surface area contributed by atoms with Crippen LogP contribution in [0.25, 0.3) is 6.08 Å². The smallest absolute Gasteiger partial charge is 0.153 e. The third-order valence-corrected chi connectivity index (χ3v) is 6.68. The van der Waals surface area contributed by atoms with E-state index in [1.54, 1.807) is 0 Å². The topological polar surface area (TPSA) is 40.6 Å². The van der Waals surface area contributed by atoms with Crippen molar-refractivity contribution in [2.45, 2.75) is 18.6 Å². The molecule has 2 rings (SSSR count). The minimum absolute atomic E-state index is 0.611. The first-order valence-electron chi connectivity index (χ1n) is 8.14. The number of nitrogens with zero attached hydrogens (tertiary/aromatic N) is 2. The molecule has 0 aliphatic carbocycles. The molecule has 1 heterocycles. The summed E-state index contributed by atoms with van der Waals surface area (Å²) >= 11 is 0. The zero-order chi connectivity index (χ0) is 16.9. The van der Waals surface area contributed by atoms with Crippen LogP contribution in [0.5, 0.6) is 0 Å². The minimum atomic E-state index is -3.03. The fourth-order valence-electron chi connectivity index (χ4n) is 2.69. The van der Waals surface area contributed by atoms with E-state index in [0.29, 0.717) is 6.54 Å². The molecule has 1 aliphatic rings. The normalized spacial score (nSPS) is 18.6. The molecule has 1 aromatic rings. The van der Waals surface area contributed by atoms with Gasteiger partial charge in [0.25, 0.3) is 0 Å². The summed E-state index contributed by atoms with van der Waals surface area (Å²) in [5, 5.41) is 0. The molecular weight excluding hydrogens is 308 g/mol. The van der Waals surface area contributed by atoms with Gasteiger partial charge in [-0.3, -0.25) is 9.80 Å². The highest BCUT2D eigenvalue weighted by molar-refractivity contribution is 7.92. The molecule has 4 nitrogen and oxygen atoms in total. The summed E-state index contributed by atoms with van der Waals surface area (Å²) in [4.78, 5) is 4.67. The van der Waals surface area contributed by atoms with Crippen LogP contribution >= 0.6 is 0 Å². The molecule has 5 heteroatoms. The third-order valence-electron chi connectivity index (χ3n) is 4.55. The SMILES string of the molecule is CC(C)(CN1CCN(C/C=C/c2ccccc2)CC1)S(C)(=O)=O. The highest BCUT2D eigenvalue weighted by Gasteiger charge is 2.33. The maximum Gasteiger partial charge on any atom is 0.153 e. The lowest BCUT2D eigenvalue weighted by Gasteiger charge is -2.37. The van der Waals surface area contributed by atoms with E-state index in [4.69, 9.17) is 0 Å². The standard InChI is InChI=1S/C18H28N2O2S/c1-18(2,23(3,21)22)16-20-14-12-19(13-15-20)11-7-10-17-8-5-4-6-9-17/h4-10H,11-16H2,1-3H3/b10-7+. The Balaban J connectivity index is 1.77. The van der Waals surface area contributed by atoms with Crippen LogP contribution in [-0.4, -0.2) is 68.5 Å². The zero-order valence-corrected chi connectivity index (χ0v) is 15.2. The fourth-order valence-corrected chi connectivity index (χ4v) is 3.10. The van der Waals surface area contributed by atoms with Gasteiger partial charge < -0.3 is 0 Å². The molecule has 23 heavy (non-hydrogen) atoms. The van der Waals surface area contributed by atoms with Gasteiger partial charge in [-0.1, -0.05) is 42.5 Å². The van der Waals surface area contributed by atoms with E-state index in [9.17, 15) is 8.42 Å². The first kappa shape index (κ1) is 18.2. The van der Waals surface area contributed by atoms with Crippen LogP contribution in [0.1, 0.15) is 19.4 Å². The lowest BCUT2D eigenvalue weighted by Crippen LogP contribution is -2.52. The van der Waals surface area contributed by atoms with Crippen LogP contribution in [0.4, 0.5) is 0 Å². The predicted molar refractivity (Wildman–Crippen MR) is 97.3 cm³/mol. The summed E-state index contributed by atoms with van der Waals surface area (Å²) in [6.07, 6.45) is 5.68. The van der Waals surface area contributed by atoms with Gasteiger partial charge in [-0.25, -0.2) is 8.42 Å². The van der Waals surface area contributed by atoms with E-state index < -0.39 is 14.6 Å². The lowest BCUT2D eigenvalue weighted by molar-refractivity contribution is 0.135. The molecule has 0 radical (unpaired) electrons. The molecule has 0 atom stereocenters. The molecule has 0 saturated carbocycles. The van der Waals surface area contributed by atoms with Crippen LogP contribution in [0, 0.1) is 0 Å². The van der Waals surface area contributed by atoms with E-state index in [-0.39, 0.29) is 0 Å². The second kappa shape index (κ2) is 7.60.